The Bertz CT molecular complexity index is 709. The van der Waals surface area contributed by atoms with Crippen LogP contribution in [0.15, 0.2) is 17.2 Å². The Morgan fingerprint density at radius 3 is 2.44 bits per heavy atom. The molecule has 0 atom stereocenters. The van der Waals surface area contributed by atoms with E-state index in [-0.39, 0.29) is 16.5 Å². The summed E-state index contributed by atoms with van der Waals surface area (Å²) in [6.07, 6.45) is 3.25. The van der Waals surface area contributed by atoms with Crippen LogP contribution in [0.2, 0.25) is 0 Å². The molecule has 1 aromatic heterocycles. The third-order valence-corrected chi connectivity index (χ3v) is 6.68. The summed E-state index contributed by atoms with van der Waals surface area (Å²) in [4.78, 5) is 17.5. The summed E-state index contributed by atoms with van der Waals surface area (Å²) in [5.41, 5.74) is 0.259. The largest absolute Gasteiger partial charge is 0.379 e. The Balaban J connectivity index is 1.42. The monoisotopic (exact) mass is 400 g/mol. The highest BCUT2D eigenvalue weighted by Crippen LogP contribution is 2.18. The SMILES string of the molecule is O=C(NCCCCN1CCOCC1)c1cc(S(=O)(=O)N2CCOCC2)c[nH]1. The number of hydrogen-bond donors (Lipinski definition) is 2. The zero-order valence-electron chi connectivity index (χ0n) is 15.5. The van der Waals surface area contributed by atoms with Crippen LogP contribution in [0.25, 0.3) is 0 Å². The summed E-state index contributed by atoms with van der Waals surface area (Å²) < 4.78 is 37.0. The van der Waals surface area contributed by atoms with E-state index in [1.807, 2.05) is 0 Å². The smallest absolute Gasteiger partial charge is 0.267 e. The van der Waals surface area contributed by atoms with Crippen LogP contribution in [-0.2, 0) is 19.5 Å². The van der Waals surface area contributed by atoms with Gasteiger partial charge in [0, 0.05) is 38.9 Å². The standard InChI is InChI=1S/C17H28N4O5S/c22-17(18-3-1-2-4-20-5-9-25-10-6-20)16-13-15(14-19-16)27(23,24)21-7-11-26-12-8-21/h13-14,19H,1-12H2,(H,18,22). The Morgan fingerprint density at radius 1 is 1.07 bits per heavy atom. The number of carbonyl (C=O) groups is 1. The highest BCUT2D eigenvalue weighted by Gasteiger charge is 2.27. The first kappa shape index (κ1) is 20.3. The second kappa shape index (κ2) is 9.65. The van der Waals surface area contributed by atoms with Gasteiger partial charge in [-0.2, -0.15) is 4.31 Å². The molecule has 2 aliphatic rings. The van der Waals surface area contributed by atoms with Gasteiger partial charge in [-0.15, -0.1) is 0 Å². The molecule has 3 heterocycles. The number of hydrogen-bond acceptors (Lipinski definition) is 6. The van der Waals surface area contributed by atoms with Gasteiger partial charge in [0.05, 0.1) is 26.4 Å². The molecule has 1 aromatic rings. The molecular formula is C17H28N4O5S. The molecule has 0 bridgehead atoms. The van der Waals surface area contributed by atoms with Crippen molar-refractivity contribution in [3.63, 3.8) is 0 Å². The summed E-state index contributed by atoms with van der Waals surface area (Å²) in [7, 11) is -3.59. The maximum absolute atomic E-state index is 12.6. The number of H-pyrrole nitrogens is 1. The van der Waals surface area contributed by atoms with Crippen LogP contribution < -0.4 is 5.32 Å². The number of rotatable bonds is 8. The lowest BCUT2D eigenvalue weighted by molar-refractivity contribution is 0.0372. The van der Waals surface area contributed by atoms with Crippen LogP contribution in [0.3, 0.4) is 0 Å². The van der Waals surface area contributed by atoms with E-state index in [2.05, 4.69) is 15.2 Å². The lowest BCUT2D eigenvalue weighted by Crippen LogP contribution is -2.40. The second-order valence-corrected chi connectivity index (χ2v) is 8.62. The number of aromatic nitrogens is 1. The first-order valence-electron chi connectivity index (χ1n) is 9.42. The van der Waals surface area contributed by atoms with E-state index in [1.54, 1.807) is 0 Å². The molecule has 9 nitrogen and oxygen atoms in total. The number of aromatic amines is 1. The summed E-state index contributed by atoms with van der Waals surface area (Å²) in [5, 5.41) is 2.84. The van der Waals surface area contributed by atoms with Gasteiger partial charge in [-0.05, 0) is 25.5 Å². The second-order valence-electron chi connectivity index (χ2n) is 6.68. The van der Waals surface area contributed by atoms with Crippen molar-refractivity contribution in [2.24, 2.45) is 0 Å². The number of amides is 1. The number of nitrogens with zero attached hydrogens (tertiary/aromatic N) is 2. The molecule has 2 aliphatic heterocycles. The maximum Gasteiger partial charge on any atom is 0.267 e. The summed E-state index contributed by atoms with van der Waals surface area (Å²) in [6, 6.07) is 1.40. The summed E-state index contributed by atoms with van der Waals surface area (Å²) in [5.74, 6) is -0.287. The van der Waals surface area contributed by atoms with Crippen molar-refractivity contribution in [3.8, 4) is 0 Å². The van der Waals surface area contributed by atoms with E-state index in [9.17, 15) is 13.2 Å². The van der Waals surface area contributed by atoms with E-state index in [4.69, 9.17) is 9.47 Å². The van der Waals surface area contributed by atoms with Crippen LogP contribution in [0.1, 0.15) is 23.3 Å². The first-order valence-corrected chi connectivity index (χ1v) is 10.9. The Hall–Kier alpha value is -1.46. The van der Waals surface area contributed by atoms with Crippen LogP contribution in [-0.4, -0.2) is 94.2 Å². The summed E-state index contributed by atoms with van der Waals surface area (Å²) >= 11 is 0. The first-order chi connectivity index (χ1) is 13.1. The van der Waals surface area contributed by atoms with E-state index in [0.29, 0.717) is 32.8 Å². The van der Waals surface area contributed by atoms with E-state index in [1.165, 1.54) is 16.6 Å². The number of sulfonamides is 1. The molecule has 0 aromatic carbocycles. The molecule has 10 heteroatoms. The van der Waals surface area contributed by atoms with Gasteiger partial charge in [0.15, 0.2) is 0 Å². The normalized spacial score (nSPS) is 19.9. The Kier molecular flexibility index (Phi) is 7.25. The van der Waals surface area contributed by atoms with Crippen LogP contribution in [0.5, 0.6) is 0 Å². The van der Waals surface area contributed by atoms with Gasteiger partial charge >= 0.3 is 0 Å². The third kappa shape index (κ3) is 5.52. The number of morpholine rings is 2. The van der Waals surface area contributed by atoms with Crippen LogP contribution >= 0.6 is 0 Å². The van der Waals surface area contributed by atoms with E-state index < -0.39 is 10.0 Å². The van der Waals surface area contributed by atoms with E-state index in [0.717, 1.165) is 45.7 Å². The van der Waals surface area contributed by atoms with Gasteiger partial charge in [-0.25, -0.2) is 8.42 Å². The molecule has 2 N–H and O–H groups in total. The lowest BCUT2D eigenvalue weighted by Gasteiger charge is -2.26. The van der Waals surface area contributed by atoms with Gasteiger partial charge in [-0.3, -0.25) is 9.69 Å². The van der Waals surface area contributed by atoms with Crippen molar-refractivity contribution < 1.29 is 22.7 Å². The highest BCUT2D eigenvalue weighted by molar-refractivity contribution is 7.89. The fourth-order valence-electron chi connectivity index (χ4n) is 3.17. The van der Waals surface area contributed by atoms with Crippen molar-refractivity contribution in [1.82, 2.24) is 19.5 Å². The van der Waals surface area contributed by atoms with Crippen LogP contribution in [0, 0.1) is 0 Å². The number of carbonyl (C=O) groups excluding carboxylic acids is 1. The molecule has 0 spiro atoms. The molecule has 2 fully saturated rings. The van der Waals surface area contributed by atoms with E-state index >= 15 is 0 Å². The maximum atomic E-state index is 12.6. The molecule has 0 saturated carbocycles. The molecule has 27 heavy (non-hydrogen) atoms. The molecule has 3 rings (SSSR count). The Morgan fingerprint density at radius 2 is 1.74 bits per heavy atom. The molecular weight excluding hydrogens is 372 g/mol. The minimum atomic E-state index is -3.59. The average molecular weight is 401 g/mol. The zero-order valence-corrected chi connectivity index (χ0v) is 16.3. The highest BCUT2D eigenvalue weighted by atomic mass is 32.2. The number of ether oxygens (including phenoxy) is 2. The van der Waals surface area contributed by atoms with Crippen molar-refractivity contribution in [3.05, 3.63) is 18.0 Å². The minimum absolute atomic E-state index is 0.113. The van der Waals surface area contributed by atoms with Gasteiger partial charge < -0.3 is 19.8 Å². The quantitative estimate of drug-likeness (QED) is 0.590. The third-order valence-electron chi connectivity index (χ3n) is 4.80. The van der Waals surface area contributed by atoms with Crippen LogP contribution in [0.4, 0.5) is 0 Å². The van der Waals surface area contributed by atoms with Crippen molar-refractivity contribution in [1.29, 1.82) is 0 Å². The molecule has 2 saturated heterocycles. The minimum Gasteiger partial charge on any atom is -0.379 e. The predicted octanol–water partition coefficient (Wildman–Crippen LogP) is -0.122. The Labute approximate surface area is 160 Å². The predicted molar refractivity (Wildman–Crippen MR) is 99.2 cm³/mol. The average Bonchev–Trinajstić information content (AvgIpc) is 3.20. The fourth-order valence-corrected chi connectivity index (χ4v) is 4.58. The van der Waals surface area contributed by atoms with Gasteiger partial charge in [0.2, 0.25) is 10.0 Å². The van der Waals surface area contributed by atoms with Gasteiger partial charge in [0.25, 0.3) is 5.91 Å². The van der Waals surface area contributed by atoms with Crippen molar-refractivity contribution in [2.45, 2.75) is 17.7 Å². The number of nitrogens with one attached hydrogen (secondary N) is 2. The zero-order chi connectivity index (χ0) is 19.1. The van der Waals surface area contributed by atoms with Crippen molar-refractivity contribution in [2.75, 3.05) is 65.7 Å². The van der Waals surface area contributed by atoms with Crippen molar-refractivity contribution >= 4 is 15.9 Å². The number of unbranched alkanes of at least 4 members (excludes halogenated alkanes) is 1. The summed E-state index contributed by atoms with van der Waals surface area (Å²) in [6.45, 7) is 6.53. The topological polar surface area (TPSA) is 104 Å². The molecule has 1 amide bonds. The molecule has 0 radical (unpaired) electrons. The fraction of sp³-hybridized carbons (Fsp3) is 0.706. The van der Waals surface area contributed by atoms with Gasteiger partial charge in [-0.1, -0.05) is 0 Å². The molecule has 0 unspecified atom stereocenters. The van der Waals surface area contributed by atoms with Gasteiger partial charge in [0.1, 0.15) is 10.6 Å². The molecule has 152 valence electrons. The molecule has 0 aliphatic carbocycles. The lowest BCUT2D eigenvalue weighted by atomic mass is 10.2.